The van der Waals surface area contributed by atoms with Crippen LogP contribution < -0.4 is 9.80 Å². The number of benzene rings is 9. The van der Waals surface area contributed by atoms with Crippen molar-refractivity contribution in [3.8, 4) is 56.3 Å². The summed E-state index contributed by atoms with van der Waals surface area (Å²) in [6.07, 6.45) is 9.28. The maximum atomic E-state index is 10.7. The van der Waals surface area contributed by atoms with Gasteiger partial charge in [0.15, 0.2) is 0 Å². The Kier molecular flexibility index (Phi) is 35.7. The second kappa shape index (κ2) is 44.4. The summed E-state index contributed by atoms with van der Waals surface area (Å²) in [6, 6.07) is 118. The van der Waals surface area contributed by atoms with Crippen molar-refractivity contribution >= 4 is 44.2 Å². The van der Waals surface area contributed by atoms with Gasteiger partial charge < -0.3 is 39.9 Å². The van der Waals surface area contributed by atoms with Gasteiger partial charge in [-0.3, -0.25) is 9.54 Å². The van der Waals surface area contributed by atoms with E-state index in [9.17, 15) is 13.2 Å². The molecule has 0 saturated heterocycles. The first-order valence-electron chi connectivity index (χ1n) is 31.1. The van der Waals surface area contributed by atoms with E-state index in [2.05, 4.69) is 184 Å². The first-order valence-corrected chi connectivity index (χ1v) is 32.6. The minimum absolute atomic E-state index is 0. The van der Waals surface area contributed by atoms with Crippen LogP contribution in [0.1, 0.15) is 11.1 Å². The molecule has 0 aliphatic heterocycles. The van der Waals surface area contributed by atoms with E-state index in [0.717, 1.165) is 105 Å². The van der Waals surface area contributed by atoms with Crippen molar-refractivity contribution in [3.05, 3.63) is 382 Å². The fourth-order valence-electron chi connectivity index (χ4n) is 9.42. The zero-order valence-electron chi connectivity index (χ0n) is 55.9. The van der Waals surface area contributed by atoms with Crippen molar-refractivity contribution in [1.82, 2.24) is 24.9 Å². The minimum atomic E-state index is -5.84. The van der Waals surface area contributed by atoms with Crippen molar-refractivity contribution in [3.63, 3.8) is 0 Å². The van der Waals surface area contributed by atoms with Gasteiger partial charge in [-0.25, -0.2) is 0 Å². The van der Waals surface area contributed by atoms with Crippen LogP contribution in [0.4, 0.5) is 47.3 Å². The predicted molar refractivity (Wildman–Crippen MR) is 396 cm³/mol. The summed E-state index contributed by atoms with van der Waals surface area (Å²) in [5.41, 5.74) is 13.5. The van der Waals surface area contributed by atoms with E-state index >= 15 is 0 Å². The standard InChI is InChI=1S/C24H20N2.C24H19N2.3C11H8N.CHF3O3S.2CH4O.2Ir/c2*1-19-17-23(20-11-5-2-6-12-20)25-18-24(19)26(21-13-7-3-8-14-21)22-15-9-4-10-16-22;3*1-2-6-10(7-3-1)11-8-4-5-9-12-11;2-1(3,4)8(5,6)7;2*1-2;;/h2-18H,1H3;2-11,13-18H,1H3;3*1-6,8-9H;(H,5,6,7);2*2H,1H3;;/q;4*-1;;;;;. The summed E-state index contributed by atoms with van der Waals surface area (Å²) >= 11 is 0. The van der Waals surface area contributed by atoms with Gasteiger partial charge in [0.1, 0.15) is 0 Å². The molecule has 14 rings (SSSR count). The number of aliphatic hydroxyl groups excluding tert-OH is 2. The Balaban J connectivity index is 0.000000228. The van der Waals surface area contributed by atoms with Gasteiger partial charge in [-0.05, 0) is 121 Å². The molecular formula is C84H72F3Ir2N7O5S-4. The molecule has 18 heteroatoms. The van der Waals surface area contributed by atoms with Crippen molar-refractivity contribution < 1.29 is 76.6 Å². The molecule has 14 aromatic rings. The molecule has 5 aromatic heterocycles. The number of hydrogen-bond acceptors (Lipinski definition) is 11. The molecule has 0 aliphatic carbocycles. The average molecular weight is 1730 g/mol. The Morgan fingerprint density at radius 1 is 0.333 bits per heavy atom. The Morgan fingerprint density at radius 3 is 0.824 bits per heavy atom. The van der Waals surface area contributed by atoms with E-state index in [4.69, 9.17) is 33.2 Å². The van der Waals surface area contributed by atoms with Crippen LogP contribution in [0.2, 0.25) is 0 Å². The van der Waals surface area contributed by atoms with Gasteiger partial charge in [-0.15, -0.1) is 144 Å². The molecule has 12 nitrogen and oxygen atoms in total. The van der Waals surface area contributed by atoms with Crippen LogP contribution in [0.5, 0.6) is 0 Å². The quantitative estimate of drug-likeness (QED) is 0.0638. The minimum Gasteiger partial charge on any atom is -0.400 e. The van der Waals surface area contributed by atoms with Crippen molar-refractivity contribution in [2.75, 3.05) is 24.0 Å². The summed E-state index contributed by atoms with van der Waals surface area (Å²) in [5, 5.41) is 14.0. The normalized spacial score (nSPS) is 9.98. The van der Waals surface area contributed by atoms with E-state index in [1.807, 2.05) is 207 Å². The Bertz CT molecular complexity index is 4120. The second-order valence-corrected chi connectivity index (χ2v) is 22.2. The maximum absolute atomic E-state index is 10.7. The van der Waals surface area contributed by atoms with E-state index < -0.39 is 15.6 Å². The van der Waals surface area contributed by atoms with Gasteiger partial charge >= 0.3 is 15.6 Å². The zero-order chi connectivity index (χ0) is 71.2. The number of aromatic nitrogens is 5. The first kappa shape index (κ1) is 81.9. The number of pyridine rings is 5. The van der Waals surface area contributed by atoms with Gasteiger partial charge in [0.2, 0.25) is 0 Å². The fourth-order valence-corrected chi connectivity index (χ4v) is 9.42. The van der Waals surface area contributed by atoms with Crippen LogP contribution in [0, 0.1) is 38.1 Å². The third kappa shape index (κ3) is 25.8. The number of alkyl halides is 3. The van der Waals surface area contributed by atoms with Crippen LogP contribution in [-0.2, 0) is 50.3 Å². The number of rotatable bonds is 11. The molecule has 522 valence electrons. The average Bonchev–Trinajstić information content (AvgIpc) is 0.801. The number of halogens is 3. The van der Waals surface area contributed by atoms with Crippen molar-refractivity contribution in [1.29, 1.82) is 0 Å². The van der Waals surface area contributed by atoms with Gasteiger partial charge in [-0.1, -0.05) is 146 Å². The summed E-state index contributed by atoms with van der Waals surface area (Å²) in [4.78, 5) is 26.6. The molecule has 0 bridgehead atoms. The molecule has 0 atom stereocenters. The molecule has 5 heterocycles. The fraction of sp³-hybridized carbons (Fsp3) is 0.0595. The molecule has 102 heavy (non-hydrogen) atoms. The van der Waals surface area contributed by atoms with E-state index in [1.165, 1.54) is 11.1 Å². The van der Waals surface area contributed by atoms with Gasteiger partial charge in [0, 0.05) is 108 Å². The Hall–Kier alpha value is -10.8. The topological polar surface area (TPSA) is 166 Å². The third-order valence-electron chi connectivity index (χ3n) is 14.0. The molecule has 0 fully saturated rings. The van der Waals surface area contributed by atoms with Gasteiger partial charge in [0.25, 0.3) is 0 Å². The SMILES string of the molecule is CO.CO.Cc1cc(-c2[c-]cccc2)ncc1N(c1ccccc1)c1ccccc1.Cc1cc(-c2ccccc2)ncc1N(c1ccccc1)c1ccccc1.O=S(=O)(O)C(F)(F)F.[Ir].[Ir].[c-]1ccccc1-c1ccccn1.[c-]1ccccc1-c1ccccn1.[c-]1ccccc1-c1ccccn1. The molecule has 0 amide bonds. The molecule has 0 saturated carbocycles. The van der Waals surface area contributed by atoms with Crippen molar-refractivity contribution in [2.24, 2.45) is 0 Å². The van der Waals surface area contributed by atoms with E-state index in [-0.39, 0.29) is 40.2 Å². The predicted octanol–water partition coefficient (Wildman–Crippen LogP) is 20.1. The third-order valence-corrected chi connectivity index (χ3v) is 14.6. The second-order valence-electron chi connectivity index (χ2n) is 20.8. The van der Waals surface area contributed by atoms with Gasteiger partial charge in [-0.2, -0.15) is 21.6 Å². The van der Waals surface area contributed by atoms with Crippen LogP contribution in [-0.4, -0.2) is 67.8 Å². The van der Waals surface area contributed by atoms with Crippen LogP contribution >= 0.6 is 0 Å². The zero-order valence-corrected chi connectivity index (χ0v) is 61.5. The molecule has 3 N–H and O–H groups in total. The number of aliphatic hydroxyl groups is 2. The van der Waals surface area contributed by atoms with Crippen LogP contribution in [0.3, 0.4) is 0 Å². The number of hydrogen-bond donors (Lipinski definition) is 3. The molecule has 0 aliphatic rings. The molecular weight excluding hydrogens is 1660 g/mol. The number of para-hydroxylation sites is 4. The summed E-state index contributed by atoms with van der Waals surface area (Å²) in [7, 11) is -3.84. The molecule has 9 aromatic carbocycles. The van der Waals surface area contributed by atoms with E-state index in [0.29, 0.717) is 0 Å². The molecule has 0 spiro atoms. The maximum Gasteiger partial charge on any atom is 0.522 e. The van der Waals surface area contributed by atoms with E-state index in [1.54, 1.807) is 18.6 Å². The Morgan fingerprint density at radius 2 is 0.578 bits per heavy atom. The monoisotopic (exact) mass is 1730 g/mol. The summed E-state index contributed by atoms with van der Waals surface area (Å²) in [6.45, 7) is 4.27. The molecule has 2 radical (unpaired) electrons. The van der Waals surface area contributed by atoms with Crippen LogP contribution in [0.25, 0.3) is 56.3 Å². The van der Waals surface area contributed by atoms with Crippen LogP contribution in [0.15, 0.2) is 346 Å². The van der Waals surface area contributed by atoms with Crippen molar-refractivity contribution in [2.45, 2.75) is 19.4 Å². The van der Waals surface area contributed by atoms with Gasteiger partial charge in [0.05, 0.1) is 23.3 Å². The number of anilines is 6. The molecule has 0 unspecified atom stereocenters. The number of nitrogens with zero attached hydrogens (tertiary/aromatic N) is 7. The largest absolute Gasteiger partial charge is 0.522 e. The summed E-state index contributed by atoms with van der Waals surface area (Å²) < 4.78 is 57.5. The summed E-state index contributed by atoms with van der Waals surface area (Å²) in [5.74, 6) is 0. The Labute approximate surface area is 622 Å². The first-order chi connectivity index (χ1) is 48.8. The smallest absolute Gasteiger partial charge is 0.400 e. The number of aryl methyl sites for hydroxylation is 2.